The summed E-state index contributed by atoms with van der Waals surface area (Å²) in [6.45, 7) is 11.8. The van der Waals surface area contributed by atoms with Crippen LogP contribution in [0.15, 0.2) is 38.3 Å². The van der Waals surface area contributed by atoms with Crippen molar-refractivity contribution < 1.29 is 9.26 Å². The van der Waals surface area contributed by atoms with Crippen LogP contribution in [0.1, 0.15) is 46.3 Å². The SMILES string of the molecule is CCNC(=NCc1noc(C(C)(C)C)n1)NCC(C)Oc1ccccc1Br.I. The summed E-state index contributed by atoms with van der Waals surface area (Å²) in [4.78, 5) is 8.92. The molecule has 2 N–H and O–H groups in total. The van der Waals surface area contributed by atoms with Crippen LogP contribution in [-0.4, -0.2) is 35.3 Å². The van der Waals surface area contributed by atoms with E-state index in [1.807, 2.05) is 58.9 Å². The summed E-state index contributed by atoms with van der Waals surface area (Å²) in [6.07, 6.45) is -0.0368. The topological polar surface area (TPSA) is 84.6 Å². The third-order valence-electron chi connectivity index (χ3n) is 3.55. The van der Waals surface area contributed by atoms with Crippen LogP contribution in [-0.2, 0) is 12.0 Å². The number of aliphatic imine (C=N–C) groups is 1. The van der Waals surface area contributed by atoms with Gasteiger partial charge in [0, 0.05) is 12.0 Å². The van der Waals surface area contributed by atoms with Gasteiger partial charge in [-0.05, 0) is 41.9 Å². The first-order chi connectivity index (χ1) is 12.8. The van der Waals surface area contributed by atoms with E-state index in [-0.39, 0.29) is 35.5 Å². The van der Waals surface area contributed by atoms with Crippen molar-refractivity contribution in [3.05, 3.63) is 40.5 Å². The van der Waals surface area contributed by atoms with Gasteiger partial charge < -0.3 is 19.9 Å². The van der Waals surface area contributed by atoms with Gasteiger partial charge in [0.15, 0.2) is 11.8 Å². The molecule has 0 aliphatic rings. The molecule has 0 saturated heterocycles. The van der Waals surface area contributed by atoms with Crippen molar-refractivity contribution in [2.24, 2.45) is 4.99 Å². The molecule has 1 unspecified atom stereocenters. The number of halogens is 2. The summed E-state index contributed by atoms with van der Waals surface area (Å²) < 4.78 is 12.2. The van der Waals surface area contributed by atoms with E-state index >= 15 is 0 Å². The van der Waals surface area contributed by atoms with Gasteiger partial charge in [0.05, 0.1) is 11.0 Å². The van der Waals surface area contributed by atoms with Crippen molar-refractivity contribution in [3.63, 3.8) is 0 Å². The van der Waals surface area contributed by atoms with E-state index in [0.29, 0.717) is 30.8 Å². The number of guanidine groups is 1. The molecule has 0 fully saturated rings. The Labute approximate surface area is 192 Å². The maximum Gasteiger partial charge on any atom is 0.232 e. The molecule has 2 aromatic rings. The molecule has 0 bridgehead atoms. The molecule has 0 saturated carbocycles. The molecular formula is C19H29BrIN5O2. The largest absolute Gasteiger partial charge is 0.488 e. The standard InChI is InChI=1S/C19H28BrN5O2.HI/c1-6-21-18(23-12-16-24-17(27-25-16)19(3,4)5)22-11-13(2)26-15-10-8-7-9-14(15)20;/h7-10,13H,6,11-12H2,1-5H3,(H2,21,22,23);1H. The Bertz CT molecular complexity index is 761. The van der Waals surface area contributed by atoms with Crippen LogP contribution in [0.3, 0.4) is 0 Å². The lowest BCUT2D eigenvalue weighted by atomic mass is 9.97. The quantitative estimate of drug-likeness (QED) is 0.296. The third-order valence-corrected chi connectivity index (χ3v) is 4.21. The van der Waals surface area contributed by atoms with Gasteiger partial charge in [-0.2, -0.15) is 4.98 Å². The van der Waals surface area contributed by atoms with Gasteiger partial charge in [0.25, 0.3) is 0 Å². The predicted molar refractivity (Wildman–Crippen MR) is 125 cm³/mol. The van der Waals surface area contributed by atoms with Crippen LogP contribution < -0.4 is 15.4 Å². The van der Waals surface area contributed by atoms with E-state index in [1.54, 1.807) is 0 Å². The summed E-state index contributed by atoms with van der Waals surface area (Å²) in [5, 5.41) is 10.5. The Morgan fingerprint density at radius 3 is 2.61 bits per heavy atom. The zero-order valence-corrected chi connectivity index (χ0v) is 20.9. The highest BCUT2D eigenvalue weighted by atomic mass is 127. The van der Waals surface area contributed by atoms with E-state index < -0.39 is 0 Å². The molecule has 1 aromatic carbocycles. The molecule has 0 spiro atoms. The Balaban J connectivity index is 0.00000392. The van der Waals surface area contributed by atoms with E-state index in [1.165, 1.54) is 0 Å². The second-order valence-corrected chi connectivity index (χ2v) is 8.06. The minimum Gasteiger partial charge on any atom is -0.488 e. The third kappa shape index (κ3) is 7.94. The summed E-state index contributed by atoms with van der Waals surface area (Å²) in [5.41, 5.74) is -0.170. The minimum absolute atomic E-state index is 0. The number of rotatable bonds is 7. The number of ether oxygens (including phenoxy) is 1. The van der Waals surface area contributed by atoms with Crippen molar-refractivity contribution in [2.75, 3.05) is 13.1 Å². The molecule has 156 valence electrons. The van der Waals surface area contributed by atoms with Crippen molar-refractivity contribution in [1.29, 1.82) is 0 Å². The number of hydrogen-bond acceptors (Lipinski definition) is 5. The fraction of sp³-hybridized carbons (Fsp3) is 0.526. The highest BCUT2D eigenvalue weighted by Gasteiger charge is 2.21. The first-order valence-corrected chi connectivity index (χ1v) is 9.85. The lowest BCUT2D eigenvalue weighted by Gasteiger charge is -2.18. The molecule has 0 radical (unpaired) electrons. The molecule has 0 aliphatic heterocycles. The van der Waals surface area contributed by atoms with Crippen LogP contribution in [0.2, 0.25) is 0 Å². The molecule has 28 heavy (non-hydrogen) atoms. The molecule has 9 heteroatoms. The van der Waals surface area contributed by atoms with Gasteiger partial charge in [0.1, 0.15) is 18.4 Å². The molecule has 0 amide bonds. The van der Waals surface area contributed by atoms with Gasteiger partial charge in [0.2, 0.25) is 5.89 Å². The van der Waals surface area contributed by atoms with E-state index in [4.69, 9.17) is 9.26 Å². The van der Waals surface area contributed by atoms with Crippen LogP contribution in [0.5, 0.6) is 5.75 Å². The average molecular weight is 566 g/mol. The maximum absolute atomic E-state index is 5.95. The Morgan fingerprint density at radius 2 is 2.00 bits per heavy atom. The smallest absolute Gasteiger partial charge is 0.232 e. The van der Waals surface area contributed by atoms with Crippen molar-refractivity contribution in [3.8, 4) is 5.75 Å². The number of hydrogen-bond donors (Lipinski definition) is 2. The molecule has 1 heterocycles. The number of aromatic nitrogens is 2. The van der Waals surface area contributed by atoms with Crippen LogP contribution in [0.25, 0.3) is 0 Å². The fourth-order valence-electron chi connectivity index (χ4n) is 2.15. The number of nitrogens with zero attached hydrogens (tertiary/aromatic N) is 3. The summed E-state index contributed by atoms with van der Waals surface area (Å²) in [6, 6.07) is 7.79. The van der Waals surface area contributed by atoms with Crippen molar-refractivity contribution in [1.82, 2.24) is 20.8 Å². The molecule has 2 rings (SSSR count). The van der Waals surface area contributed by atoms with E-state index in [2.05, 4.69) is 41.7 Å². The van der Waals surface area contributed by atoms with Gasteiger partial charge in [-0.3, -0.25) is 0 Å². The van der Waals surface area contributed by atoms with Gasteiger partial charge in [-0.15, -0.1) is 24.0 Å². The highest BCUT2D eigenvalue weighted by molar-refractivity contribution is 14.0. The Kier molecular flexibility index (Phi) is 10.2. The second kappa shape index (κ2) is 11.6. The minimum atomic E-state index is -0.170. The van der Waals surface area contributed by atoms with Gasteiger partial charge in [-0.25, -0.2) is 4.99 Å². The molecule has 1 atom stereocenters. The van der Waals surface area contributed by atoms with E-state index in [9.17, 15) is 0 Å². The van der Waals surface area contributed by atoms with Crippen LogP contribution in [0.4, 0.5) is 0 Å². The highest BCUT2D eigenvalue weighted by Crippen LogP contribution is 2.24. The molecule has 7 nitrogen and oxygen atoms in total. The second-order valence-electron chi connectivity index (χ2n) is 7.20. The first-order valence-electron chi connectivity index (χ1n) is 9.06. The summed E-state index contributed by atoms with van der Waals surface area (Å²) >= 11 is 3.49. The predicted octanol–water partition coefficient (Wildman–Crippen LogP) is 4.27. The van der Waals surface area contributed by atoms with Crippen molar-refractivity contribution >= 4 is 45.9 Å². The Morgan fingerprint density at radius 1 is 1.29 bits per heavy atom. The maximum atomic E-state index is 5.95. The monoisotopic (exact) mass is 565 g/mol. The zero-order valence-electron chi connectivity index (χ0n) is 17.0. The van der Waals surface area contributed by atoms with Gasteiger partial charge in [-0.1, -0.05) is 38.1 Å². The first kappa shape index (κ1) is 24.7. The molecule has 0 aliphatic carbocycles. The zero-order chi connectivity index (χ0) is 19.9. The molecule has 1 aromatic heterocycles. The van der Waals surface area contributed by atoms with Crippen LogP contribution in [0, 0.1) is 0 Å². The normalized spacial score (nSPS) is 12.9. The summed E-state index contributed by atoms with van der Waals surface area (Å²) in [7, 11) is 0. The van der Waals surface area contributed by atoms with E-state index in [0.717, 1.165) is 16.8 Å². The number of para-hydroxylation sites is 1. The average Bonchev–Trinajstić information content (AvgIpc) is 3.09. The number of benzene rings is 1. The van der Waals surface area contributed by atoms with Gasteiger partial charge >= 0.3 is 0 Å². The fourth-order valence-corrected chi connectivity index (χ4v) is 2.53. The lowest BCUT2D eigenvalue weighted by molar-refractivity contribution is 0.222. The lowest BCUT2D eigenvalue weighted by Crippen LogP contribution is -2.41. The summed E-state index contributed by atoms with van der Waals surface area (Å²) in [5.74, 6) is 2.67. The van der Waals surface area contributed by atoms with Crippen molar-refractivity contribution in [2.45, 2.75) is 52.7 Å². The van der Waals surface area contributed by atoms with Crippen LogP contribution >= 0.6 is 39.9 Å². The molecular weight excluding hydrogens is 537 g/mol. The number of nitrogens with one attached hydrogen (secondary N) is 2. The Hall–Kier alpha value is -1.36.